The van der Waals surface area contributed by atoms with E-state index < -0.39 is 12.0 Å². The number of nitrogens with one attached hydrogen (secondary N) is 4. The molecule has 13 nitrogen and oxygen atoms in total. The van der Waals surface area contributed by atoms with Gasteiger partial charge in [-0.25, -0.2) is 9.78 Å². The SMILES string of the molecule is COC(=O)C(Cc1ccc(C#N)cc1)Nc1nc(NCc2nccn2C)nc(Nc2cccc(CN3CCNCC3)c2)n1. The van der Waals surface area contributed by atoms with Crippen LogP contribution in [-0.2, 0) is 36.1 Å². The number of hydrogen-bond donors (Lipinski definition) is 4. The summed E-state index contributed by atoms with van der Waals surface area (Å²) in [5.41, 5.74) is 3.41. The molecular formula is C30H35N11O2. The van der Waals surface area contributed by atoms with E-state index in [1.54, 1.807) is 18.3 Å². The van der Waals surface area contributed by atoms with Crippen LogP contribution in [0.3, 0.4) is 0 Å². The van der Waals surface area contributed by atoms with Crippen molar-refractivity contribution in [1.82, 2.24) is 34.7 Å². The maximum atomic E-state index is 12.8. The minimum atomic E-state index is -0.780. The lowest BCUT2D eigenvalue weighted by atomic mass is 10.0. The number of carbonyl (C=O) groups is 1. The van der Waals surface area contributed by atoms with Crippen LogP contribution < -0.4 is 21.3 Å². The third-order valence-corrected chi connectivity index (χ3v) is 7.07. The van der Waals surface area contributed by atoms with Crippen LogP contribution in [0.15, 0.2) is 60.9 Å². The van der Waals surface area contributed by atoms with Crippen molar-refractivity contribution in [3.05, 3.63) is 83.4 Å². The van der Waals surface area contributed by atoms with Crippen molar-refractivity contribution in [1.29, 1.82) is 5.26 Å². The van der Waals surface area contributed by atoms with Crippen LogP contribution in [0, 0.1) is 11.3 Å². The number of carbonyl (C=O) groups excluding carboxylic acids is 1. The number of nitrogens with zero attached hydrogens (tertiary/aromatic N) is 7. The van der Waals surface area contributed by atoms with Crippen LogP contribution >= 0.6 is 0 Å². The zero-order valence-corrected chi connectivity index (χ0v) is 24.2. The van der Waals surface area contributed by atoms with E-state index in [2.05, 4.69) is 64.3 Å². The molecule has 0 bridgehead atoms. The number of nitriles is 1. The molecule has 4 N–H and O–H groups in total. The first-order valence-corrected chi connectivity index (χ1v) is 14.1. The monoisotopic (exact) mass is 581 g/mol. The normalized spacial score (nSPS) is 14.0. The predicted molar refractivity (Wildman–Crippen MR) is 163 cm³/mol. The number of hydrogen-bond acceptors (Lipinski definition) is 12. The summed E-state index contributed by atoms with van der Waals surface area (Å²) in [6, 6.07) is 16.5. The van der Waals surface area contributed by atoms with Crippen molar-refractivity contribution in [3.8, 4) is 6.07 Å². The van der Waals surface area contributed by atoms with Gasteiger partial charge < -0.3 is 30.6 Å². The summed E-state index contributed by atoms with van der Waals surface area (Å²) in [6.45, 7) is 5.24. The molecule has 43 heavy (non-hydrogen) atoms. The van der Waals surface area contributed by atoms with E-state index in [1.807, 2.05) is 42.1 Å². The van der Waals surface area contributed by atoms with Crippen LogP contribution in [0.1, 0.15) is 22.5 Å². The van der Waals surface area contributed by atoms with Gasteiger partial charge in [-0.05, 0) is 35.4 Å². The molecule has 222 valence electrons. The first-order valence-electron chi connectivity index (χ1n) is 14.1. The highest BCUT2D eigenvalue weighted by molar-refractivity contribution is 5.79. The van der Waals surface area contributed by atoms with Gasteiger partial charge in [0.05, 0.1) is 25.3 Å². The highest BCUT2D eigenvalue weighted by Crippen LogP contribution is 2.20. The van der Waals surface area contributed by atoms with Crippen molar-refractivity contribution in [2.24, 2.45) is 7.05 Å². The number of piperazine rings is 1. The number of imidazole rings is 1. The van der Waals surface area contributed by atoms with Gasteiger partial charge in [-0.3, -0.25) is 4.90 Å². The van der Waals surface area contributed by atoms with Gasteiger partial charge >= 0.3 is 5.97 Å². The van der Waals surface area contributed by atoms with Gasteiger partial charge in [-0.15, -0.1) is 0 Å². The number of methoxy groups -OCH3 is 1. The largest absolute Gasteiger partial charge is 0.467 e. The molecule has 0 amide bonds. The third-order valence-electron chi connectivity index (χ3n) is 7.07. The molecular weight excluding hydrogens is 546 g/mol. The summed E-state index contributed by atoms with van der Waals surface area (Å²) >= 11 is 0. The fourth-order valence-electron chi connectivity index (χ4n) is 4.75. The number of anilines is 4. The Morgan fingerprint density at radius 3 is 2.56 bits per heavy atom. The van der Waals surface area contributed by atoms with Gasteiger partial charge in [0, 0.05) is 64.3 Å². The van der Waals surface area contributed by atoms with Gasteiger partial charge in [0.2, 0.25) is 17.8 Å². The highest BCUT2D eigenvalue weighted by Gasteiger charge is 2.22. The summed E-state index contributed by atoms with van der Waals surface area (Å²) in [7, 11) is 3.25. The Bertz CT molecular complexity index is 1560. The fourth-order valence-corrected chi connectivity index (χ4v) is 4.75. The molecule has 2 aromatic carbocycles. The Balaban J connectivity index is 1.38. The quantitative estimate of drug-likeness (QED) is 0.181. The molecule has 0 aliphatic carbocycles. The summed E-state index contributed by atoms with van der Waals surface area (Å²) in [5, 5.41) is 22.1. The Hall–Kier alpha value is -5.06. The molecule has 1 aliphatic rings. The topological polar surface area (TPSA) is 158 Å². The molecule has 0 spiro atoms. The molecule has 4 aromatic rings. The van der Waals surface area contributed by atoms with Crippen LogP contribution in [0.2, 0.25) is 0 Å². The molecule has 1 fully saturated rings. The fraction of sp³-hybridized carbons (Fsp3) is 0.333. The minimum Gasteiger partial charge on any atom is -0.467 e. The Kier molecular flexibility index (Phi) is 9.73. The highest BCUT2D eigenvalue weighted by atomic mass is 16.5. The number of aromatic nitrogens is 5. The number of ether oxygens (including phenoxy) is 1. The molecule has 1 aliphatic heterocycles. The molecule has 0 radical (unpaired) electrons. The van der Waals surface area contributed by atoms with Crippen molar-refractivity contribution in [2.45, 2.75) is 25.6 Å². The van der Waals surface area contributed by atoms with Gasteiger partial charge in [0.1, 0.15) is 11.9 Å². The van der Waals surface area contributed by atoms with Crippen molar-refractivity contribution >= 4 is 29.5 Å². The van der Waals surface area contributed by atoms with Crippen LogP contribution in [-0.4, -0.2) is 74.7 Å². The van der Waals surface area contributed by atoms with E-state index in [4.69, 9.17) is 10.00 Å². The smallest absolute Gasteiger partial charge is 0.328 e. The molecule has 5 rings (SSSR count). The molecule has 1 saturated heterocycles. The van der Waals surface area contributed by atoms with Gasteiger partial charge in [0.15, 0.2) is 0 Å². The average Bonchev–Trinajstić information content (AvgIpc) is 3.44. The first-order chi connectivity index (χ1) is 21.0. The van der Waals surface area contributed by atoms with E-state index in [0.717, 1.165) is 49.8 Å². The summed E-state index contributed by atoms with van der Waals surface area (Å²) in [5.74, 6) is 1.14. The lowest BCUT2D eigenvalue weighted by molar-refractivity contribution is -0.141. The minimum absolute atomic E-state index is 0.195. The molecule has 2 aromatic heterocycles. The Morgan fingerprint density at radius 1 is 1.07 bits per heavy atom. The third kappa shape index (κ3) is 8.25. The summed E-state index contributed by atoms with van der Waals surface area (Å²) in [6.07, 6.45) is 3.89. The zero-order chi connectivity index (χ0) is 30.0. The summed E-state index contributed by atoms with van der Waals surface area (Å²) < 4.78 is 6.97. The van der Waals surface area contributed by atoms with Gasteiger partial charge in [-0.1, -0.05) is 24.3 Å². The van der Waals surface area contributed by atoms with E-state index in [-0.39, 0.29) is 5.95 Å². The maximum absolute atomic E-state index is 12.8. The second-order valence-electron chi connectivity index (χ2n) is 10.2. The van der Waals surface area contributed by atoms with Gasteiger partial charge in [-0.2, -0.15) is 20.2 Å². The molecule has 3 heterocycles. The average molecular weight is 582 g/mol. The van der Waals surface area contributed by atoms with E-state index in [0.29, 0.717) is 30.4 Å². The predicted octanol–water partition coefficient (Wildman–Crippen LogP) is 2.43. The standard InChI is InChI=1S/C30H35N11O2/c1-40-13-12-33-26(40)19-34-28-37-29(35-24-5-3-4-23(16-24)20-41-14-10-32-11-15-41)39-30(38-28)36-25(27(42)43-2)17-21-6-8-22(18-31)9-7-21/h3-9,12-13,16,25,32H,10-11,14-15,17,19-20H2,1-2H3,(H3,34,35,36,37,38,39). The van der Waals surface area contributed by atoms with E-state index in [9.17, 15) is 4.79 Å². The van der Waals surface area contributed by atoms with Crippen LogP contribution in [0.4, 0.5) is 23.5 Å². The number of aryl methyl sites for hydroxylation is 1. The number of esters is 1. The zero-order valence-electron chi connectivity index (χ0n) is 24.2. The molecule has 1 atom stereocenters. The van der Waals surface area contributed by atoms with Crippen molar-refractivity contribution in [3.63, 3.8) is 0 Å². The molecule has 0 saturated carbocycles. The summed E-state index contributed by atoms with van der Waals surface area (Å²) in [4.78, 5) is 33.3. The van der Waals surface area contributed by atoms with Gasteiger partial charge in [0.25, 0.3) is 0 Å². The van der Waals surface area contributed by atoms with E-state index >= 15 is 0 Å². The maximum Gasteiger partial charge on any atom is 0.328 e. The lowest BCUT2D eigenvalue weighted by Crippen LogP contribution is -2.42. The Labute approximate surface area is 250 Å². The second-order valence-corrected chi connectivity index (χ2v) is 10.2. The van der Waals surface area contributed by atoms with Crippen molar-refractivity contribution < 1.29 is 9.53 Å². The Morgan fingerprint density at radius 2 is 1.84 bits per heavy atom. The van der Waals surface area contributed by atoms with Crippen LogP contribution in [0.25, 0.3) is 0 Å². The first kappa shape index (κ1) is 29.4. The molecule has 13 heteroatoms. The lowest BCUT2D eigenvalue weighted by Gasteiger charge is -2.27. The molecule has 1 unspecified atom stereocenters. The van der Waals surface area contributed by atoms with E-state index in [1.165, 1.54) is 12.7 Å². The number of rotatable bonds is 12. The van der Waals surface area contributed by atoms with Crippen molar-refractivity contribution in [2.75, 3.05) is 49.2 Å². The number of benzene rings is 2. The van der Waals surface area contributed by atoms with Crippen LogP contribution in [0.5, 0.6) is 0 Å². The second kappa shape index (κ2) is 14.2.